The average molecular weight is 215 g/mol. The highest BCUT2D eigenvalue weighted by Crippen LogP contribution is 2.13. The molecule has 1 N–H and O–H groups in total. The number of aliphatic hydroxyl groups excluding tert-OH is 1. The van der Waals surface area contributed by atoms with Crippen LogP contribution < -0.4 is 0 Å². The first-order chi connectivity index (χ1) is 6.70. The molecule has 5 nitrogen and oxygen atoms in total. The zero-order valence-corrected chi connectivity index (χ0v) is 9.04. The molecule has 0 fully saturated rings. The van der Waals surface area contributed by atoms with Crippen molar-refractivity contribution in [2.45, 2.75) is 13.3 Å². The second kappa shape index (κ2) is 5.02. The third-order valence-corrected chi connectivity index (χ3v) is 2.62. The van der Waals surface area contributed by atoms with Crippen LogP contribution in [0.3, 0.4) is 0 Å². The molecule has 0 unspecified atom stereocenters. The van der Waals surface area contributed by atoms with Crippen molar-refractivity contribution in [1.82, 2.24) is 14.5 Å². The van der Waals surface area contributed by atoms with Crippen LogP contribution in [0.5, 0.6) is 0 Å². The lowest BCUT2D eigenvalue weighted by Crippen LogP contribution is -2.29. The third-order valence-electron chi connectivity index (χ3n) is 1.87. The van der Waals surface area contributed by atoms with E-state index >= 15 is 0 Å². The minimum atomic E-state index is -0.120. The Labute approximate surface area is 86.5 Å². The predicted molar refractivity (Wildman–Crippen MR) is 53.3 cm³/mol. The molecule has 0 atom stereocenters. The molecule has 0 aromatic carbocycles. The van der Waals surface area contributed by atoms with Crippen LogP contribution in [-0.4, -0.2) is 45.7 Å². The van der Waals surface area contributed by atoms with Gasteiger partial charge in [0.1, 0.15) is 4.88 Å². The van der Waals surface area contributed by atoms with Gasteiger partial charge in [-0.2, -0.15) is 0 Å². The fraction of sp³-hybridized carbons (Fsp3) is 0.625. The molecule has 1 heterocycles. The van der Waals surface area contributed by atoms with Crippen LogP contribution in [-0.2, 0) is 6.42 Å². The van der Waals surface area contributed by atoms with Crippen LogP contribution in [0, 0.1) is 0 Å². The van der Waals surface area contributed by atoms with Gasteiger partial charge in [-0.15, -0.1) is 5.10 Å². The number of aryl methyl sites for hydroxylation is 1. The molecule has 0 saturated carbocycles. The lowest BCUT2D eigenvalue weighted by atomic mass is 10.3. The molecule has 6 heteroatoms. The second-order valence-corrected chi connectivity index (χ2v) is 3.61. The highest BCUT2D eigenvalue weighted by atomic mass is 32.1. The van der Waals surface area contributed by atoms with Crippen molar-refractivity contribution in [2.24, 2.45) is 0 Å². The molecule has 1 amide bonds. The van der Waals surface area contributed by atoms with Gasteiger partial charge in [0.2, 0.25) is 0 Å². The number of hydrogen-bond donors (Lipinski definition) is 1. The Morgan fingerprint density at radius 3 is 2.93 bits per heavy atom. The molecule has 0 saturated heterocycles. The Morgan fingerprint density at radius 1 is 1.64 bits per heavy atom. The number of nitrogens with zero attached hydrogens (tertiary/aromatic N) is 3. The zero-order valence-electron chi connectivity index (χ0n) is 8.23. The predicted octanol–water partition coefficient (Wildman–Crippen LogP) is 0.165. The van der Waals surface area contributed by atoms with Crippen molar-refractivity contribution in [3.63, 3.8) is 0 Å². The standard InChI is InChI=1S/C8H13N3O2S/c1-3-6-7(14-10-9-6)8(13)11(2)4-5-12/h12H,3-5H2,1-2H3. The van der Waals surface area contributed by atoms with Gasteiger partial charge in [0, 0.05) is 13.6 Å². The monoisotopic (exact) mass is 215 g/mol. The third kappa shape index (κ3) is 2.27. The van der Waals surface area contributed by atoms with Gasteiger partial charge in [-0.05, 0) is 18.0 Å². The molecule has 0 aliphatic rings. The van der Waals surface area contributed by atoms with Crippen molar-refractivity contribution in [1.29, 1.82) is 0 Å². The Hall–Kier alpha value is -1.01. The normalized spacial score (nSPS) is 10.2. The van der Waals surface area contributed by atoms with E-state index in [0.29, 0.717) is 17.8 Å². The smallest absolute Gasteiger partial charge is 0.267 e. The van der Waals surface area contributed by atoms with Gasteiger partial charge in [0.25, 0.3) is 5.91 Å². The summed E-state index contributed by atoms with van der Waals surface area (Å²) in [5, 5.41) is 12.5. The van der Waals surface area contributed by atoms with Gasteiger partial charge in [0.05, 0.1) is 12.3 Å². The van der Waals surface area contributed by atoms with Crippen molar-refractivity contribution < 1.29 is 9.90 Å². The Kier molecular flexibility index (Phi) is 3.97. The average Bonchev–Trinajstić information content (AvgIpc) is 2.64. The number of aromatic nitrogens is 2. The van der Waals surface area contributed by atoms with E-state index in [9.17, 15) is 4.79 Å². The largest absolute Gasteiger partial charge is 0.395 e. The van der Waals surface area contributed by atoms with E-state index in [-0.39, 0.29) is 12.5 Å². The molecule has 1 aromatic heterocycles. The van der Waals surface area contributed by atoms with Crippen molar-refractivity contribution in [3.8, 4) is 0 Å². The summed E-state index contributed by atoms with van der Waals surface area (Å²) in [7, 11) is 1.65. The topological polar surface area (TPSA) is 66.3 Å². The molecule has 0 radical (unpaired) electrons. The minimum absolute atomic E-state index is 0.0318. The molecule has 0 aliphatic carbocycles. The van der Waals surface area contributed by atoms with Gasteiger partial charge in [-0.1, -0.05) is 11.4 Å². The molecular weight excluding hydrogens is 202 g/mol. The first-order valence-electron chi connectivity index (χ1n) is 4.38. The first kappa shape index (κ1) is 11.1. The molecule has 1 aromatic rings. The van der Waals surface area contributed by atoms with E-state index in [0.717, 1.165) is 17.2 Å². The van der Waals surface area contributed by atoms with Gasteiger partial charge < -0.3 is 10.0 Å². The fourth-order valence-corrected chi connectivity index (χ4v) is 1.77. The maximum Gasteiger partial charge on any atom is 0.267 e. The quantitative estimate of drug-likeness (QED) is 0.777. The van der Waals surface area contributed by atoms with Gasteiger partial charge in [-0.25, -0.2) is 0 Å². The number of amides is 1. The summed E-state index contributed by atoms with van der Waals surface area (Å²) in [5.74, 6) is -0.120. The maximum atomic E-state index is 11.7. The van der Waals surface area contributed by atoms with E-state index in [1.165, 1.54) is 4.90 Å². The summed E-state index contributed by atoms with van der Waals surface area (Å²) in [4.78, 5) is 13.8. The zero-order chi connectivity index (χ0) is 10.6. The number of rotatable bonds is 4. The summed E-state index contributed by atoms with van der Waals surface area (Å²) in [5.41, 5.74) is 0.727. The summed E-state index contributed by atoms with van der Waals surface area (Å²) in [6.45, 7) is 2.23. The van der Waals surface area contributed by atoms with Crippen LogP contribution in [0.15, 0.2) is 0 Å². The summed E-state index contributed by atoms with van der Waals surface area (Å²) in [6.07, 6.45) is 0.699. The highest BCUT2D eigenvalue weighted by Gasteiger charge is 2.18. The SMILES string of the molecule is CCc1nnsc1C(=O)N(C)CCO. The van der Waals surface area contributed by atoms with Crippen LogP contribution in [0.4, 0.5) is 0 Å². The van der Waals surface area contributed by atoms with Gasteiger partial charge in [-0.3, -0.25) is 4.79 Å². The Morgan fingerprint density at radius 2 is 2.36 bits per heavy atom. The van der Waals surface area contributed by atoms with E-state index < -0.39 is 0 Å². The Bertz CT molecular complexity index is 313. The van der Waals surface area contributed by atoms with Crippen molar-refractivity contribution in [3.05, 3.63) is 10.6 Å². The molecule has 0 aliphatic heterocycles. The van der Waals surface area contributed by atoms with E-state index in [2.05, 4.69) is 9.59 Å². The maximum absolute atomic E-state index is 11.7. The van der Waals surface area contributed by atoms with Crippen molar-refractivity contribution >= 4 is 17.4 Å². The summed E-state index contributed by atoms with van der Waals surface area (Å²) < 4.78 is 3.74. The molecule has 0 bridgehead atoms. The van der Waals surface area contributed by atoms with Crippen LogP contribution in [0.25, 0.3) is 0 Å². The molecule has 14 heavy (non-hydrogen) atoms. The fourth-order valence-electron chi connectivity index (χ4n) is 1.03. The van der Waals surface area contributed by atoms with Crippen LogP contribution >= 0.6 is 11.5 Å². The molecular formula is C8H13N3O2S. The summed E-state index contributed by atoms with van der Waals surface area (Å²) in [6, 6.07) is 0. The minimum Gasteiger partial charge on any atom is -0.395 e. The molecule has 78 valence electrons. The van der Waals surface area contributed by atoms with E-state index in [1.54, 1.807) is 7.05 Å². The number of aliphatic hydroxyl groups is 1. The molecule has 1 rings (SSSR count). The van der Waals surface area contributed by atoms with Crippen molar-refractivity contribution in [2.75, 3.05) is 20.2 Å². The van der Waals surface area contributed by atoms with Crippen LogP contribution in [0.1, 0.15) is 22.3 Å². The van der Waals surface area contributed by atoms with E-state index in [1.807, 2.05) is 6.92 Å². The molecule has 0 spiro atoms. The van der Waals surface area contributed by atoms with Gasteiger partial charge >= 0.3 is 0 Å². The highest BCUT2D eigenvalue weighted by molar-refractivity contribution is 7.07. The number of carbonyl (C=O) groups excluding carboxylic acids is 1. The number of hydrogen-bond acceptors (Lipinski definition) is 5. The lowest BCUT2D eigenvalue weighted by molar-refractivity contribution is 0.0770. The summed E-state index contributed by atoms with van der Waals surface area (Å²) >= 11 is 1.10. The van der Waals surface area contributed by atoms with E-state index in [4.69, 9.17) is 5.11 Å². The Balaban J connectivity index is 2.78. The number of carbonyl (C=O) groups is 1. The second-order valence-electron chi connectivity index (χ2n) is 2.85. The van der Waals surface area contributed by atoms with Crippen LogP contribution in [0.2, 0.25) is 0 Å². The first-order valence-corrected chi connectivity index (χ1v) is 5.15. The number of likely N-dealkylation sites (N-methyl/N-ethyl adjacent to an activating group) is 1. The lowest BCUT2D eigenvalue weighted by Gasteiger charge is -2.14. The van der Waals surface area contributed by atoms with Gasteiger partial charge in [0.15, 0.2) is 0 Å².